The molecule has 84 valence electrons. The molecule has 0 saturated carbocycles. The van der Waals surface area contributed by atoms with Gasteiger partial charge < -0.3 is 5.11 Å². The summed E-state index contributed by atoms with van der Waals surface area (Å²) in [5.74, 6) is 0. The van der Waals surface area contributed by atoms with Crippen LogP contribution in [0.1, 0.15) is 21.7 Å². The third-order valence-corrected chi connectivity index (χ3v) is 3.83. The standard InChI is InChI=1S/C10H11F3OS/c11-10(12,13)9(14)5-7-4-6-2-1-3-8(6)15-7/h4,9,14H,1-3,5H2. The summed E-state index contributed by atoms with van der Waals surface area (Å²) in [7, 11) is 0. The summed E-state index contributed by atoms with van der Waals surface area (Å²) in [5.41, 5.74) is 1.17. The van der Waals surface area contributed by atoms with Crippen molar-refractivity contribution in [3.63, 3.8) is 0 Å². The van der Waals surface area contributed by atoms with Crippen molar-refractivity contribution in [3.8, 4) is 0 Å². The van der Waals surface area contributed by atoms with Gasteiger partial charge in [-0.05, 0) is 30.9 Å². The van der Waals surface area contributed by atoms with Gasteiger partial charge >= 0.3 is 6.18 Å². The number of alkyl halides is 3. The average Bonchev–Trinajstić information content (AvgIpc) is 2.61. The maximum Gasteiger partial charge on any atom is 0.414 e. The summed E-state index contributed by atoms with van der Waals surface area (Å²) in [4.78, 5) is 1.84. The molecular weight excluding hydrogens is 225 g/mol. The molecule has 2 rings (SSSR count). The number of thiophene rings is 1. The molecule has 0 saturated heterocycles. The Morgan fingerprint density at radius 1 is 1.40 bits per heavy atom. The summed E-state index contributed by atoms with van der Waals surface area (Å²) in [6.45, 7) is 0. The molecule has 5 heteroatoms. The largest absolute Gasteiger partial charge is 0.414 e. The van der Waals surface area contributed by atoms with E-state index in [2.05, 4.69) is 0 Å². The first kappa shape index (κ1) is 11.0. The molecule has 1 aromatic rings. The minimum Gasteiger partial charge on any atom is -0.383 e. The van der Waals surface area contributed by atoms with Crippen LogP contribution in [0.3, 0.4) is 0 Å². The Balaban J connectivity index is 2.05. The first-order valence-electron chi connectivity index (χ1n) is 4.82. The second kappa shape index (κ2) is 3.79. The second-order valence-electron chi connectivity index (χ2n) is 3.78. The molecule has 1 aliphatic rings. The van der Waals surface area contributed by atoms with Crippen molar-refractivity contribution in [3.05, 3.63) is 21.4 Å². The Kier molecular flexibility index (Phi) is 2.77. The molecule has 0 spiro atoms. The molecule has 0 radical (unpaired) electrons. The summed E-state index contributed by atoms with van der Waals surface area (Å²) in [6, 6.07) is 1.81. The van der Waals surface area contributed by atoms with Gasteiger partial charge in [-0.15, -0.1) is 11.3 Å². The van der Waals surface area contributed by atoms with E-state index in [4.69, 9.17) is 5.11 Å². The number of aliphatic hydroxyl groups is 1. The van der Waals surface area contributed by atoms with E-state index in [0.29, 0.717) is 4.88 Å². The Morgan fingerprint density at radius 2 is 2.13 bits per heavy atom. The quantitative estimate of drug-likeness (QED) is 0.837. The predicted octanol–water partition coefficient (Wildman–Crippen LogP) is 2.70. The van der Waals surface area contributed by atoms with E-state index < -0.39 is 12.3 Å². The van der Waals surface area contributed by atoms with E-state index in [-0.39, 0.29) is 6.42 Å². The first-order valence-corrected chi connectivity index (χ1v) is 5.63. The smallest absolute Gasteiger partial charge is 0.383 e. The third kappa shape index (κ3) is 2.34. The summed E-state index contributed by atoms with van der Waals surface area (Å²) < 4.78 is 36.3. The first-order chi connectivity index (χ1) is 6.97. The van der Waals surface area contributed by atoms with E-state index >= 15 is 0 Å². The highest BCUT2D eigenvalue weighted by atomic mass is 32.1. The monoisotopic (exact) mass is 236 g/mol. The highest BCUT2D eigenvalue weighted by Crippen LogP contribution is 2.33. The molecule has 0 aromatic carbocycles. The van der Waals surface area contributed by atoms with Gasteiger partial charge in [0.2, 0.25) is 0 Å². The Morgan fingerprint density at radius 3 is 2.73 bits per heavy atom. The molecule has 0 amide bonds. The minimum atomic E-state index is -4.51. The second-order valence-corrected chi connectivity index (χ2v) is 5.00. The van der Waals surface area contributed by atoms with Gasteiger partial charge in [0.25, 0.3) is 0 Å². The van der Waals surface area contributed by atoms with Gasteiger partial charge in [-0.25, -0.2) is 0 Å². The van der Waals surface area contributed by atoms with Gasteiger partial charge in [-0.2, -0.15) is 13.2 Å². The Bertz CT molecular complexity index is 335. The lowest BCUT2D eigenvalue weighted by Crippen LogP contribution is -2.30. The molecule has 1 N–H and O–H groups in total. The van der Waals surface area contributed by atoms with Gasteiger partial charge in [0.1, 0.15) is 0 Å². The molecule has 1 heterocycles. The van der Waals surface area contributed by atoms with Crippen molar-refractivity contribution in [2.45, 2.75) is 38.0 Å². The predicted molar refractivity (Wildman–Crippen MR) is 52.1 cm³/mol. The van der Waals surface area contributed by atoms with Crippen LogP contribution in [-0.2, 0) is 19.3 Å². The van der Waals surface area contributed by atoms with Gasteiger partial charge in [0.15, 0.2) is 6.10 Å². The van der Waals surface area contributed by atoms with Crippen LogP contribution < -0.4 is 0 Å². The van der Waals surface area contributed by atoms with Crippen LogP contribution in [0.5, 0.6) is 0 Å². The van der Waals surface area contributed by atoms with Gasteiger partial charge in [0, 0.05) is 16.2 Å². The van der Waals surface area contributed by atoms with E-state index in [1.807, 2.05) is 6.07 Å². The summed E-state index contributed by atoms with van der Waals surface area (Å²) >= 11 is 1.41. The number of aliphatic hydroxyl groups excluding tert-OH is 1. The highest BCUT2D eigenvalue weighted by Gasteiger charge is 2.38. The molecule has 0 fully saturated rings. The highest BCUT2D eigenvalue weighted by molar-refractivity contribution is 7.12. The molecular formula is C10H11F3OS. The topological polar surface area (TPSA) is 20.2 Å². The number of hydrogen-bond acceptors (Lipinski definition) is 2. The molecule has 1 unspecified atom stereocenters. The molecule has 15 heavy (non-hydrogen) atoms. The molecule has 1 nitrogen and oxygen atoms in total. The van der Waals surface area contributed by atoms with Gasteiger partial charge in [-0.1, -0.05) is 0 Å². The van der Waals surface area contributed by atoms with Crippen LogP contribution >= 0.6 is 11.3 Å². The van der Waals surface area contributed by atoms with E-state index in [1.165, 1.54) is 21.8 Å². The van der Waals surface area contributed by atoms with Crippen LogP contribution in [0.15, 0.2) is 6.07 Å². The third-order valence-electron chi connectivity index (χ3n) is 2.57. The zero-order chi connectivity index (χ0) is 11.1. The van der Waals surface area contributed by atoms with Crippen molar-refractivity contribution in [1.82, 2.24) is 0 Å². The van der Waals surface area contributed by atoms with E-state index in [9.17, 15) is 13.2 Å². The van der Waals surface area contributed by atoms with Crippen molar-refractivity contribution >= 4 is 11.3 Å². The lowest BCUT2D eigenvalue weighted by molar-refractivity contribution is -0.202. The molecule has 1 atom stereocenters. The van der Waals surface area contributed by atoms with Crippen LogP contribution in [-0.4, -0.2) is 17.4 Å². The van der Waals surface area contributed by atoms with E-state index in [0.717, 1.165) is 19.3 Å². The van der Waals surface area contributed by atoms with Crippen LogP contribution in [0.2, 0.25) is 0 Å². The van der Waals surface area contributed by atoms with Gasteiger partial charge in [-0.3, -0.25) is 0 Å². The zero-order valence-electron chi connectivity index (χ0n) is 7.97. The van der Waals surface area contributed by atoms with Crippen molar-refractivity contribution < 1.29 is 18.3 Å². The maximum absolute atomic E-state index is 12.1. The number of rotatable bonds is 2. The SMILES string of the molecule is OC(Cc1cc2c(s1)CCC2)C(F)(F)F. The number of aryl methyl sites for hydroxylation is 2. The lowest BCUT2D eigenvalue weighted by Gasteiger charge is -2.12. The van der Waals surface area contributed by atoms with Crippen molar-refractivity contribution in [2.75, 3.05) is 0 Å². The summed E-state index contributed by atoms with van der Waals surface area (Å²) in [5, 5.41) is 8.91. The fourth-order valence-corrected chi connectivity index (χ4v) is 3.09. The van der Waals surface area contributed by atoms with Gasteiger partial charge in [0.05, 0.1) is 0 Å². The molecule has 0 bridgehead atoms. The number of halogens is 3. The Hall–Kier alpha value is -0.550. The van der Waals surface area contributed by atoms with Crippen LogP contribution in [0.25, 0.3) is 0 Å². The van der Waals surface area contributed by atoms with E-state index in [1.54, 1.807) is 0 Å². The van der Waals surface area contributed by atoms with Crippen molar-refractivity contribution in [1.29, 1.82) is 0 Å². The Labute approximate surface area is 89.5 Å². The van der Waals surface area contributed by atoms with Crippen molar-refractivity contribution in [2.24, 2.45) is 0 Å². The number of fused-ring (bicyclic) bond motifs is 1. The average molecular weight is 236 g/mol. The zero-order valence-corrected chi connectivity index (χ0v) is 8.79. The molecule has 1 aliphatic carbocycles. The maximum atomic E-state index is 12.1. The minimum absolute atomic E-state index is 0.304. The summed E-state index contributed by atoms with van der Waals surface area (Å²) in [6.07, 6.45) is -3.99. The molecule has 1 aromatic heterocycles. The van der Waals surface area contributed by atoms with Crippen LogP contribution in [0.4, 0.5) is 13.2 Å². The lowest BCUT2D eigenvalue weighted by atomic mass is 10.2. The van der Waals surface area contributed by atoms with Crippen LogP contribution in [0, 0.1) is 0 Å². The fourth-order valence-electron chi connectivity index (χ4n) is 1.80. The molecule has 0 aliphatic heterocycles. The normalized spacial score (nSPS) is 17.9. The fraction of sp³-hybridized carbons (Fsp3) is 0.600. The number of hydrogen-bond donors (Lipinski definition) is 1.